The van der Waals surface area contributed by atoms with Crippen molar-refractivity contribution in [1.82, 2.24) is 14.8 Å². The lowest BCUT2D eigenvalue weighted by molar-refractivity contribution is 0.0827. The standard InChI is InChI=1S/C38H42N4O4/c1-38(2,33-21-26-19-25(37(44)41(3)4)12-16-30(26)39-33)40-36(43)24-11-14-28-31(20-24)42-17-18-46-32-22-27(45-5)13-15-29(32)35(42)34(28)23-9-7-6-8-10-23/h11-16,19-20,22-23H,6-10,17-18,21H2,1-5H3,(H,40,43). The van der Waals surface area contributed by atoms with Gasteiger partial charge in [-0.25, -0.2) is 0 Å². The number of nitrogens with zero attached hydrogens (tertiary/aromatic N) is 3. The van der Waals surface area contributed by atoms with Gasteiger partial charge in [-0.05, 0) is 86.2 Å². The highest BCUT2D eigenvalue weighted by Crippen LogP contribution is 2.47. The predicted octanol–water partition coefficient (Wildman–Crippen LogP) is 7.30. The van der Waals surface area contributed by atoms with Crippen molar-refractivity contribution in [2.75, 3.05) is 27.8 Å². The molecule has 0 atom stereocenters. The third kappa shape index (κ3) is 5.23. The van der Waals surface area contributed by atoms with Crippen molar-refractivity contribution in [2.45, 2.75) is 70.4 Å². The number of carbonyl (C=O) groups is 2. The molecule has 1 N–H and O–H groups in total. The fraction of sp³-hybridized carbons (Fsp3) is 0.395. The van der Waals surface area contributed by atoms with E-state index in [2.05, 4.69) is 28.1 Å². The number of amides is 2. The van der Waals surface area contributed by atoms with Crippen molar-refractivity contribution < 1.29 is 19.1 Å². The molecule has 4 aromatic rings. The second-order valence-corrected chi connectivity index (χ2v) is 13.5. The smallest absolute Gasteiger partial charge is 0.253 e. The number of aromatic nitrogens is 1. The van der Waals surface area contributed by atoms with Crippen LogP contribution in [-0.4, -0.2) is 60.3 Å². The van der Waals surface area contributed by atoms with E-state index in [0.717, 1.165) is 39.5 Å². The Labute approximate surface area is 270 Å². The molecule has 0 unspecified atom stereocenters. The zero-order valence-corrected chi connectivity index (χ0v) is 27.4. The van der Waals surface area contributed by atoms with Gasteiger partial charge in [-0.1, -0.05) is 25.3 Å². The molecule has 1 aromatic heterocycles. The molecule has 0 bridgehead atoms. The zero-order chi connectivity index (χ0) is 32.2. The molecule has 0 saturated heterocycles. The Morgan fingerprint density at radius 2 is 1.78 bits per heavy atom. The molecule has 46 heavy (non-hydrogen) atoms. The first-order valence-corrected chi connectivity index (χ1v) is 16.4. The lowest BCUT2D eigenvalue weighted by Gasteiger charge is -2.26. The summed E-state index contributed by atoms with van der Waals surface area (Å²) in [5, 5.41) is 4.49. The number of methoxy groups -OCH3 is 1. The molecule has 8 nitrogen and oxygen atoms in total. The van der Waals surface area contributed by atoms with Gasteiger partial charge in [-0.15, -0.1) is 0 Å². The van der Waals surface area contributed by atoms with Gasteiger partial charge in [-0.2, -0.15) is 0 Å². The van der Waals surface area contributed by atoms with Crippen molar-refractivity contribution in [3.63, 3.8) is 0 Å². The number of nitrogens with one attached hydrogen (secondary N) is 1. The molecule has 3 aromatic carbocycles. The topological polar surface area (TPSA) is 85.2 Å². The third-order valence-electron chi connectivity index (χ3n) is 9.89. The molecule has 0 spiro atoms. The van der Waals surface area contributed by atoms with Crippen LogP contribution >= 0.6 is 0 Å². The average Bonchev–Trinajstić information content (AvgIpc) is 3.58. The van der Waals surface area contributed by atoms with Crippen molar-refractivity contribution in [2.24, 2.45) is 4.99 Å². The summed E-state index contributed by atoms with van der Waals surface area (Å²) >= 11 is 0. The van der Waals surface area contributed by atoms with Gasteiger partial charge in [0.15, 0.2) is 0 Å². The van der Waals surface area contributed by atoms with Gasteiger partial charge in [-0.3, -0.25) is 14.6 Å². The van der Waals surface area contributed by atoms with Crippen molar-refractivity contribution in [3.05, 3.63) is 76.9 Å². The van der Waals surface area contributed by atoms with Crippen LogP contribution in [0.1, 0.15) is 83.7 Å². The van der Waals surface area contributed by atoms with E-state index in [9.17, 15) is 9.59 Å². The molecule has 1 fully saturated rings. The molecule has 238 valence electrons. The van der Waals surface area contributed by atoms with Gasteiger partial charge in [0.2, 0.25) is 0 Å². The van der Waals surface area contributed by atoms with Gasteiger partial charge in [0.25, 0.3) is 11.8 Å². The number of benzene rings is 3. The van der Waals surface area contributed by atoms with Gasteiger partial charge < -0.3 is 24.3 Å². The third-order valence-corrected chi connectivity index (χ3v) is 9.89. The summed E-state index contributed by atoms with van der Waals surface area (Å²) in [6.07, 6.45) is 6.68. The summed E-state index contributed by atoms with van der Waals surface area (Å²) in [6, 6.07) is 17.9. The Kier molecular flexibility index (Phi) is 7.62. The van der Waals surface area contributed by atoms with Crippen LogP contribution in [0.15, 0.2) is 59.6 Å². The fourth-order valence-electron chi connectivity index (χ4n) is 7.42. The number of carbonyl (C=O) groups excluding carboxylic acids is 2. The van der Waals surface area contributed by atoms with E-state index in [0.29, 0.717) is 36.6 Å². The molecule has 7 rings (SSSR count). The quantitative estimate of drug-likeness (QED) is 0.246. The highest BCUT2D eigenvalue weighted by molar-refractivity contribution is 6.07. The minimum absolute atomic E-state index is 0.0381. The van der Waals surface area contributed by atoms with E-state index in [4.69, 9.17) is 14.5 Å². The first-order valence-electron chi connectivity index (χ1n) is 16.4. The van der Waals surface area contributed by atoms with E-state index in [1.807, 2.05) is 50.2 Å². The van der Waals surface area contributed by atoms with E-state index in [-0.39, 0.29) is 11.8 Å². The van der Waals surface area contributed by atoms with Crippen LogP contribution in [-0.2, 0) is 13.0 Å². The summed E-state index contributed by atoms with van der Waals surface area (Å²) in [7, 11) is 5.18. The Hall–Kier alpha value is -4.59. The van der Waals surface area contributed by atoms with Gasteiger partial charge in [0, 0.05) is 59.9 Å². The van der Waals surface area contributed by atoms with Crippen LogP contribution in [0.25, 0.3) is 22.2 Å². The highest BCUT2D eigenvalue weighted by Gasteiger charge is 2.33. The van der Waals surface area contributed by atoms with Gasteiger partial charge >= 0.3 is 0 Å². The van der Waals surface area contributed by atoms with Crippen molar-refractivity contribution in [3.8, 4) is 22.8 Å². The second kappa shape index (κ2) is 11.6. The Balaban J connectivity index is 1.22. The van der Waals surface area contributed by atoms with Crippen LogP contribution < -0.4 is 14.8 Å². The molecule has 3 heterocycles. The van der Waals surface area contributed by atoms with Crippen LogP contribution in [0.4, 0.5) is 5.69 Å². The lowest BCUT2D eigenvalue weighted by Crippen LogP contribution is -2.49. The van der Waals surface area contributed by atoms with Crippen LogP contribution in [0.5, 0.6) is 11.5 Å². The normalized spacial score (nSPS) is 16.1. The highest BCUT2D eigenvalue weighted by atomic mass is 16.5. The van der Waals surface area contributed by atoms with E-state index >= 15 is 0 Å². The van der Waals surface area contributed by atoms with Gasteiger partial charge in [0.1, 0.15) is 18.1 Å². The lowest BCUT2D eigenvalue weighted by atomic mass is 9.81. The van der Waals surface area contributed by atoms with Crippen LogP contribution in [0.3, 0.4) is 0 Å². The minimum Gasteiger partial charge on any atom is -0.497 e. The molecule has 1 saturated carbocycles. The van der Waals surface area contributed by atoms with Crippen molar-refractivity contribution in [1.29, 1.82) is 0 Å². The van der Waals surface area contributed by atoms with Crippen LogP contribution in [0.2, 0.25) is 0 Å². The SMILES string of the molecule is COc1ccc2c(c1)OCCn1c-2c(C2CCCCC2)c2ccc(C(=O)NC(C)(C)C3=Nc4ccc(C(=O)N(C)C)cc4C3)cc21. The summed E-state index contributed by atoms with van der Waals surface area (Å²) < 4.78 is 14.2. The van der Waals surface area contributed by atoms with E-state index in [1.165, 1.54) is 48.7 Å². The number of hydrogen-bond acceptors (Lipinski definition) is 5. The maximum absolute atomic E-state index is 13.9. The molecule has 3 aliphatic rings. The molecule has 2 amide bonds. The molecule has 8 heteroatoms. The number of hydrogen-bond donors (Lipinski definition) is 1. The summed E-state index contributed by atoms with van der Waals surface area (Å²) in [6.45, 7) is 5.21. The monoisotopic (exact) mass is 618 g/mol. The number of aliphatic imine (C=N–C) groups is 1. The minimum atomic E-state index is -0.689. The Bertz CT molecular complexity index is 1890. The summed E-state index contributed by atoms with van der Waals surface area (Å²) in [4.78, 5) is 32.9. The average molecular weight is 619 g/mol. The Morgan fingerprint density at radius 1 is 1.00 bits per heavy atom. The molecule has 0 radical (unpaired) electrons. The zero-order valence-electron chi connectivity index (χ0n) is 27.4. The van der Waals surface area contributed by atoms with E-state index < -0.39 is 5.54 Å². The second-order valence-electron chi connectivity index (χ2n) is 13.5. The summed E-state index contributed by atoms with van der Waals surface area (Å²) in [5.74, 6) is 1.91. The van der Waals surface area contributed by atoms with Gasteiger partial charge in [0.05, 0.1) is 30.6 Å². The van der Waals surface area contributed by atoms with E-state index in [1.54, 1.807) is 26.1 Å². The maximum Gasteiger partial charge on any atom is 0.253 e. The summed E-state index contributed by atoms with van der Waals surface area (Å²) in [5.41, 5.74) is 8.02. The molecule has 1 aliphatic carbocycles. The Morgan fingerprint density at radius 3 is 2.54 bits per heavy atom. The largest absolute Gasteiger partial charge is 0.497 e. The first kappa shape index (κ1) is 30.1. The molecule has 2 aliphatic heterocycles. The number of ether oxygens (including phenoxy) is 2. The number of rotatable bonds is 6. The first-order chi connectivity index (χ1) is 22.1. The number of fused-ring (bicyclic) bond motifs is 6. The van der Waals surface area contributed by atoms with Crippen molar-refractivity contribution >= 4 is 34.1 Å². The predicted molar refractivity (Wildman–Crippen MR) is 182 cm³/mol. The fourth-order valence-corrected chi connectivity index (χ4v) is 7.42. The maximum atomic E-state index is 13.9. The molecular weight excluding hydrogens is 576 g/mol. The van der Waals surface area contributed by atoms with Crippen LogP contribution in [0, 0.1) is 0 Å². The molecular formula is C38H42N4O4.